The van der Waals surface area contributed by atoms with Crippen LogP contribution in [0.2, 0.25) is 0 Å². The van der Waals surface area contributed by atoms with E-state index in [-0.39, 0.29) is 34.3 Å². The van der Waals surface area contributed by atoms with Gasteiger partial charge in [-0.05, 0) is 35.7 Å². The summed E-state index contributed by atoms with van der Waals surface area (Å²) in [7, 11) is -2.80. The molecule has 0 radical (unpaired) electrons. The predicted octanol–water partition coefficient (Wildman–Crippen LogP) is 4.19. The van der Waals surface area contributed by atoms with Crippen molar-refractivity contribution in [1.82, 2.24) is 0 Å². The molecule has 9 nitrogen and oxygen atoms in total. The lowest BCUT2D eigenvalue weighted by atomic mass is 9.83. The summed E-state index contributed by atoms with van der Waals surface area (Å²) in [5, 5.41) is 29.3. The minimum atomic E-state index is -4.29. The third-order valence-corrected chi connectivity index (χ3v) is 6.67. The summed E-state index contributed by atoms with van der Waals surface area (Å²) < 4.78 is 47.1. The van der Waals surface area contributed by atoms with Gasteiger partial charge in [0, 0.05) is 17.3 Å². The Hall–Kier alpha value is -3.78. The monoisotopic (exact) mass is 526 g/mol. The minimum Gasteiger partial charge on any atom is -0.497 e. The van der Waals surface area contributed by atoms with Gasteiger partial charge in [-0.15, -0.1) is 0 Å². The Labute approximate surface area is 216 Å². The summed E-state index contributed by atoms with van der Waals surface area (Å²) in [6, 6.07) is 18.2. The molecular weight excluding hydrogens is 496 g/mol. The van der Waals surface area contributed by atoms with Crippen LogP contribution in [0.25, 0.3) is 0 Å². The lowest BCUT2D eigenvalue weighted by Crippen LogP contribution is -2.25. The molecule has 196 valence electrons. The molecule has 0 amide bonds. The van der Waals surface area contributed by atoms with Crippen LogP contribution in [0.4, 0.5) is 5.69 Å². The van der Waals surface area contributed by atoms with Crippen LogP contribution in [0.1, 0.15) is 31.9 Å². The molecule has 1 atom stereocenters. The van der Waals surface area contributed by atoms with E-state index in [9.17, 15) is 23.9 Å². The van der Waals surface area contributed by atoms with Crippen molar-refractivity contribution in [3.8, 4) is 29.1 Å². The molecule has 3 N–H and O–H groups in total. The highest BCUT2D eigenvalue weighted by molar-refractivity contribution is 7.92. The molecule has 37 heavy (non-hydrogen) atoms. The Morgan fingerprint density at radius 1 is 1.03 bits per heavy atom. The molecule has 0 heterocycles. The Morgan fingerprint density at radius 2 is 1.70 bits per heavy atom. The van der Waals surface area contributed by atoms with E-state index < -0.39 is 28.1 Å². The molecule has 0 spiro atoms. The summed E-state index contributed by atoms with van der Waals surface area (Å²) in [6.45, 7) is 4.57. The average molecular weight is 527 g/mol. The number of anilines is 1. The highest BCUT2D eigenvalue weighted by atomic mass is 32.2. The van der Waals surface area contributed by atoms with E-state index in [4.69, 9.17) is 14.2 Å². The quantitative estimate of drug-likeness (QED) is 0.358. The van der Waals surface area contributed by atoms with Gasteiger partial charge in [-0.1, -0.05) is 45.0 Å². The van der Waals surface area contributed by atoms with Crippen LogP contribution >= 0.6 is 0 Å². The molecule has 0 saturated heterocycles. The smallest absolute Gasteiger partial charge is 0.265 e. The standard InChI is InChI=1S/C27H30N2O7S/c1-27(2,3)24-18(15-28)13-23(37(32,33)29-19-9-6-5-7-10-19)25(26(24)35-17-20(31)16-30)36-22-12-8-11-21(14-22)34-4/h5-14,20,29-31H,16-17H2,1-4H3. The first-order chi connectivity index (χ1) is 17.5. The van der Waals surface area contributed by atoms with Crippen LogP contribution in [-0.4, -0.2) is 45.1 Å². The molecule has 0 bridgehead atoms. The van der Waals surface area contributed by atoms with Gasteiger partial charge in [0.15, 0.2) is 11.5 Å². The Bertz CT molecular complexity index is 1380. The first-order valence-corrected chi connectivity index (χ1v) is 12.9. The van der Waals surface area contributed by atoms with Gasteiger partial charge < -0.3 is 24.4 Å². The Kier molecular flexibility index (Phi) is 8.65. The number of para-hydroxylation sites is 1. The van der Waals surface area contributed by atoms with E-state index in [1.807, 2.05) is 20.8 Å². The maximum atomic E-state index is 13.6. The summed E-state index contributed by atoms with van der Waals surface area (Å²) >= 11 is 0. The fourth-order valence-corrected chi connectivity index (χ4v) is 4.82. The molecule has 0 aliphatic carbocycles. The molecule has 0 aliphatic rings. The van der Waals surface area contributed by atoms with Gasteiger partial charge in [0.25, 0.3) is 10.0 Å². The van der Waals surface area contributed by atoms with E-state index in [2.05, 4.69) is 10.8 Å². The number of nitriles is 1. The summed E-state index contributed by atoms with van der Waals surface area (Å²) in [4.78, 5) is -0.336. The van der Waals surface area contributed by atoms with Crippen LogP contribution in [0.15, 0.2) is 65.6 Å². The highest BCUT2D eigenvalue weighted by Crippen LogP contribution is 2.47. The lowest BCUT2D eigenvalue weighted by Gasteiger charge is -2.28. The van der Waals surface area contributed by atoms with Crippen molar-refractivity contribution in [3.63, 3.8) is 0 Å². The fourth-order valence-electron chi connectivity index (χ4n) is 3.61. The van der Waals surface area contributed by atoms with Gasteiger partial charge in [-0.3, -0.25) is 4.72 Å². The highest BCUT2D eigenvalue weighted by Gasteiger charge is 2.34. The molecule has 1 unspecified atom stereocenters. The third-order valence-electron chi connectivity index (χ3n) is 5.28. The minimum absolute atomic E-state index is 0.0321. The number of ether oxygens (including phenoxy) is 3. The van der Waals surface area contributed by atoms with Gasteiger partial charge in [-0.2, -0.15) is 5.26 Å². The zero-order valence-electron chi connectivity index (χ0n) is 21.1. The van der Waals surface area contributed by atoms with Crippen molar-refractivity contribution < 1.29 is 32.8 Å². The average Bonchev–Trinajstić information content (AvgIpc) is 2.86. The number of aliphatic hydroxyl groups is 2. The van der Waals surface area contributed by atoms with Crippen molar-refractivity contribution in [1.29, 1.82) is 5.26 Å². The number of aliphatic hydroxyl groups excluding tert-OH is 2. The van der Waals surface area contributed by atoms with Crippen LogP contribution < -0.4 is 18.9 Å². The van der Waals surface area contributed by atoms with E-state index in [0.717, 1.165) is 0 Å². The molecule has 3 rings (SSSR count). The van der Waals surface area contributed by atoms with Gasteiger partial charge in [0.1, 0.15) is 29.1 Å². The number of rotatable bonds is 10. The third kappa shape index (κ3) is 6.71. The van der Waals surface area contributed by atoms with Crippen molar-refractivity contribution in [2.75, 3.05) is 25.0 Å². The van der Waals surface area contributed by atoms with Crippen LogP contribution in [0.5, 0.6) is 23.0 Å². The maximum absolute atomic E-state index is 13.6. The Balaban J connectivity index is 2.33. The second kappa shape index (κ2) is 11.5. The molecule has 3 aromatic rings. The number of nitrogens with zero attached hydrogens (tertiary/aromatic N) is 1. The lowest BCUT2D eigenvalue weighted by molar-refractivity contribution is 0.0521. The maximum Gasteiger partial charge on any atom is 0.265 e. The number of sulfonamides is 1. The topological polar surface area (TPSA) is 138 Å². The number of benzene rings is 3. The number of nitrogens with one attached hydrogen (secondary N) is 1. The Morgan fingerprint density at radius 3 is 2.30 bits per heavy atom. The van der Waals surface area contributed by atoms with Crippen LogP contribution in [0, 0.1) is 11.3 Å². The zero-order chi connectivity index (χ0) is 27.2. The second-order valence-electron chi connectivity index (χ2n) is 9.22. The molecular formula is C27H30N2O7S. The van der Waals surface area contributed by atoms with Crippen LogP contribution in [-0.2, 0) is 15.4 Å². The second-order valence-corrected chi connectivity index (χ2v) is 10.9. The first-order valence-electron chi connectivity index (χ1n) is 11.4. The van der Waals surface area contributed by atoms with E-state index in [0.29, 0.717) is 17.0 Å². The number of methoxy groups -OCH3 is 1. The number of hydrogen-bond donors (Lipinski definition) is 3. The summed E-state index contributed by atoms with van der Waals surface area (Å²) in [5.74, 6) is 0.529. The molecule has 0 aliphatic heterocycles. The van der Waals surface area contributed by atoms with Crippen molar-refractivity contribution in [3.05, 3.63) is 71.8 Å². The summed E-state index contributed by atoms with van der Waals surface area (Å²) in [6.07, 6.45) is -1.24. The molecule has 3 aromatic carbocycles. The SMILES string of the molecule is COc1cccc(Oc2c(S(=O)(=O)Nc3ccccc3)cc(C#N)c(C(C)(C)C)c2OCC(O)CO)c1. The summed E-state index contributed by atoms with van der Waals surface area (Å²) in [5.41, 5.74) is 0.0715. The van der Waals surface area contributed by atoms with Crippen molar-refractivity contribution in [2.24, 2.45) is 0 Å². The predicted molar refractivity (Wildman–Crippen MR) is 139 cm³/mol. The van der Waals surface area contributed by atoms with Gasteiger partial charge in [-0.25, -0.2) is 8.42 Å². The van der Waals surface area contributed by atoms with Crippen molar-refractivity contribution >= 4 is 15.7 Å². The number of hydrogen-bond acceptors (Lipinski definition) is 8. The first kappa shape index (κ1) is 27.8. The van der Waals surface area contributed by atoms with E-state index >= 15 is 0 Å². The van der Waals surface area contributed by atoms with Crippen molar-refractivity contribution in [2.45, 2.75) is 37.2 Å². The van der Waals surface area contributed by atoms with Gasteiger partial charge in [0.2, 0.25) is 0 Å². The fraction of sp³-hybridized carbons (Fsp3) is 0.296. The molecule has 0 aromatic heterocycles. The van der Waals surface area contributed by atoms with E-state index in [1.54, 1.807) is 54.6 Å². The van der Waals surface area contributed by atoms with Gasteiger partial charge >= 0.3 is 0 Å². The van der Waals surface area contributed by atoms with Gasteiger partial charge in [0.05, 0.1) is 25.3 Å². The molecule has 10 heteroatoms. The molecule has 0 fully saturated rings. The van der Waals surface area contributed by atoms with Crippen LogP contribution in [0.3, 0.4) is 0 Å². The zero-order valence-corrected chi connectivity index (χ0v) is 21.9. The van der Waals surface area contributed by atoms with E-state index in [1.165, 1.54) is 13.2 Å². The largest absolute Gasteiger partial charge is 0.497 e. The normalized spacial score (nSPS) is 12.4. The molecule has 0 saturated carbocycles.